The van der Waals surface area contributed by atoms with E-state index in [1.165, 1.54) is 45.3 Å². The zero-order chi connectivity index (χ0) is 8.65. The second kappa shape index (κ2) is 6.06. The van der Waals surface area contributed by atoms with Crippen LogP contribution < -0.4 is 5.32 Å². The van der Waals surface area contributed by atoms with Crippen LogP contribution in [-0.4, -0.2) is 31.1 Å². The summed E-state index contributed by atoms with van der Waals surface area (Å²) in [7, 11) is 0. The lowest BCUT2D eigenvalue weighted by atomic mass is 10.1. The van der Waals surface area contributed by atoms with Crippen molar-refractivity contribution < 1.29 is 0 Å². The van der Waals surface area contributed by atoms with Gasteiger partial charge in [0, 0.05) is 6.54 Å². The van der Waals surface area contributed by atoms with Crippen LogP contribution in [0.4, 0.5) is 0 Å². The van der Waals surface area contributed by atoms with E-state index >= 15 is 0 Å². The minimum atomic E-state index is 1.07. The predicted molar refractivity (Wildman–Crippen MR) is 53.1 cm³/mol. The molecule has 2 nitrogen and oxygen atoms in total. The topological polar surface area (TPSA) is 15.3 Å². The lowest BCUT2D eigenvalue weighted by molar-refractivity contribution is 0.226. The molecule has 12 heavy (non-hydrogen) atoms. The highest BCUT2D eigenvalue weighted by atomic mass is 15.1. The Balaban J connectivity index is 1.94. The standard InChI is InChI=1S/C10H20N2/c1-2-11-7-6-10-12-8-4-3-5-9-12/h2,11H,1,3-10H2. The van der Waals surface area contributed by atoms with Crippen LogP contribution >= 0.6 is 0 Å². The van der Waals surface area contributed by atoms with Gasteiger partial charge in [-0.25, -0.2) is 0 Å². The molecule has 1 aliphatic rings. The highest BCUT2D eigenvalue weighted by Crippen LogP contribution is 2.08. The van der Waals surface area contributed by atoms with Gasteiger partial charge in [-0.1, -0.05) is 13.0 Å². The molecule has 1 N–H and O–H groups in total. The molecule has 1 rings (SSSR count). The van der Waals surface area contributed by atoms with Gasteiger partial charge in [0.2, 0.25) is 0 Å². The van der Waals surface area contributed by atoms with Crippen LogP contribution in [0.25, 0.3) is 0 Å². The van der Waals surface area contributed by atoms with Crippen molar-refractivity contribution in [3.8, 4) is 0 Å². The first kappa shape index (κ1) is 9.59. The van der Waals surface area contributed by atoms with Gasteiger partial charge in [0.1, 0.15) is 0 Å². The van der Waals surface area contributed by atoms with Crippen LogP contribution in [0.5, 0.6) is 0 Å². The highest BCUT2D eigenvalue weighted by Gasteiger charge is 2.08. The predicted octanol–water partition coefficient (Wildman–Crippen LogP) is 1.60. The quantitative estimate of drug-likeness (QED) is 0.627. The van der Waals surface area contributed by atoms with Crippen LogP contribution in [-0.2, 0) is 0 Å². The molecular weight excluding hydrogens is 148 g/mol. The Bertz CT molecular complexity index is 117. The summed E-state index contributed by atoms with van der Waals surface area (Å²) in [6.07, 6.45) is 7.24. The van der Waals surface area contributed by atoms with Crippen molar-refractivity contribution in [2.45, 2.75) is 25.7 Å². The molecule has 0 spiro atoms. The fourth-order valence-electron chi connectivity index (χ4n) is 1.69. The average molecular weight is 168 g/mol. The van der Waals surface area contributed by atoms with Crippen molar-refractivity contribution in [2.75, 3.05) is 26.2 Å². The van der Waals surface area contributed by atoms with Crippen LogP contribution in [0.1, 0.15) is 25.7 Å². The number of hydrogen-bond acceptors (Lipinski definition) is 2. The van der Waals surface area contributed by atoms with Gasteiger partial charge in [-0.2, -0.15) is 0 Å². The average Bonchev–Trinajstić information content (AvgIpc) is 2.14. The van der Waals surface area contributed by atoms with Crippen molar-refractivity contribution in [2.24, 2.45) is 0 Å². The molecule has 0 unspecified atom stereocenters. The molecule has 1 saturated heterocycles. The Morgan fingerprint density at radius 1 is 1.25 bits per heavy atom. The van der Waals surface area contributed by atoms with E-state index in [2.05, 4.69) is 16.8 Å². The third-order valence-corrected chi connectivity index (χ3v) is 2.39. The second-order valence-corrected chi connectivity index (χ2v) is 3.41. The van der Waals surface area contributed by atoms with Crippen LogP contribution in [0, 0.1) is 0 Å². The summed E-state index contributed by atoms with van der Waals surface area (Å²) in [5, 5.41) is 3.13. The number of hydrogen-bond donors (Lipinski definition) is 1. The first-order chi connectivity index (χ1) is 5.93. The molecule has 0 bridgehead atoms. The maximum absolute atomic E-state index is 3.62. The molecule has 0 aromatic rings. The van der Waals surface area contributed by atoms with Crippen molar-refractivity contribution >= 4 is 0 Å². The smallest absolute Gasteiger partial charge is 0.0153 e. The van der Waals surface area contributed by atoms with Crippen molar-refractivity contribution in [3.05, 3.63) is 12.8 Å². The van der Waals surface area contributed by atoms with Gasteiger partial charge in [0.05, 0.1) is 0 Å². The lowest BCUT2D eigenvalue weighted by Gasteiger charge is -2.26. The summed E-state index contributed by atoms with van der Waals surface area (Å²) < 4.78 is 0. The molecule has 1 fully saturated rings. The van der Waals surface area contributed by atoms with E-state index in [4.69, 9.17) is 0 Å². The van der Waals surface area contributed by atoms with Crippen LogP contribution in [0.2, 0.25) is 0 Å². The normalized spacial score (nSPS) is 19.0. The highest BCUT2D eigenvalue weighted by molar-refractivity contribution is 4.67. The molecule has 0 amide bonds. The number of piperidine rings is 1. The molecule has 2 heteroatoms. The largest absolute Gasteiger partial charge is 0.391 e. The zero-order valence-corrected chi connectivity index (χ0v) is 7.89. The molecule has 0 atom stereocenters. The molecule has 0 aromatic heterocycles. The molecule has 0 aromatic carbocycles. The van der Waals surface area contributed by atoms with Gasteiger partial charge in [-0.3, -0.25) is 0 Å². The molecule has 0 saturated carbocycles. The van der Waals surface area contributed by atoms with E-state index in [1.807, 2.05) is 0 Å². The second-order valence-electron chi connectivity index (χ2n) is 3.41. The van der Waals surface area contributed by atoms with Crippen molar-refractivity contribution in [1.29, 1.82) is 0 Å². The first-order valence-electron chi connectivity index (χ1n) is 5.00. The molecule has 70 valence electrons. The van der Waals surface area contributed by atoms with Gasteiger partial charge < -0.3 is 10.2 Å². The minimum absolute atomic E-state index is 1.07. The van der Waals surface area contributed by atoms with E-state index in [1.54, 1.807) is 6.20 Å². The lowest BCUT2D eigenvalue weighted by Crippen LogP contribution is -2.31. The SMILES string of the molecule is C=CNCCCN1CCCCC1. The third kappa shape index (κ3) is 3.77. The summed E-state index contributed by atoms with van der Waals surface area (Å²) >= 11 is 0. The van der Waals surface area contributed by atoms with E-state index < -0.39 is 0 Å². The van der Waals surface area contributed by atoms with Crippen LogP contribution in [0.15, 0.2) is 12.8 Å². The molecule has 1 aliphatic heterocycles. The van der Waals surface area contributed by atoms with Gasteiger partial charge in [-0.05, 0) is 45.1 Å². The van der Waals surface area contributed by atoms with E-state index in [-0.39, 0.29) is 0 Å². The Labute approximate surface area is 75.6 Å². The first-order valence-corrected chi connectivity index (χ1v) is 5.00. The Hall–Kier alpha value is -0.500. The molecule has 0 radical (unpaired) electrons. The minimum Gasteiger partial charge on any atom is -0.391 e. The van der Waals surface area contributed by atoms with Crippen LogP contribution in [0.3, 0.4) is 0 Å². The third-order valence-electron chi connectivity index (χ3n) is 2.39. The zero-order valence-electron chi connectivity index (χ0n) is 7.89. The fourth-order valence-corrected chi connectivity index (χ4v) is 1.69. The van der Waals surface area contributed by atoms with E-state index in [9.17, 15) is 0 Å². The Morgan fingerprint density at radius 3 is 2.67 bits per heavy atom. The maximum atomic E-state index is 3.62. The van der Waals surface area contributed by atoms with Gasteiger partial charge >= 0.3 is 0 Å². The molecule has 1 heterocycles. The van der Waals surface area contributed by atoms with Gasteiger partial charge in [-0.15, -0.1) is 0 Å². The number of nitrogens with one attached hydrogen (secondary N) is 1. The Kier molecular flexibility index (Phi) is 4.85. The number of rotatable bonds is 5. The fraction of sp³-hybridized carbons (Fsp3) is 0.800. The Morgan fingerprint density at radius 2 is 2.00 bits per heavy atom. The van der Waals surface area contributed by atoms with E-state index in [0.717, 1.165) is 6.54 Å². The van der Waals surface area contributed by atoms with Gasteiger partial charge in [0.25, 0.3) is 0 Å². The molecule has 0 aliphatic carbocycles. The van der Waals surface area contributed by atoms with Crippen molar-refractivity contribution in [3.63, 3.8) is 0 Å². The summed E-state index contributed by atoms with van der Waals surface area (Å²) in [5.41, 5.74) is 0. The van der Waals surface area contributed by atoms with E-state index in [0.29, 0.717) is 0 Å². The van der Waals surface area contributed by atoms with Crippen molar-refractivity contribution in [1.82, 2.24) is 10.2 Å². The summed E-state index contributed by atoms with van der Waals surface area (Å²) in [5.74, 6) is 0. The monoisotopic (exact) mass is 168 g/mol. The summed E-state index contributed by atoms with van der Waals surface area (Å²) in [6.45, 7) is 8.57. The molecular formula is C10H20N2. The summed E-state index contributed by atoms with van der Waals surface area (Å²) in [4.78, 5) is 2.56. The summed E-state index contributed by atoms with van der Waals surface area (Å²) in [6, 6.07) is 0. The number of likely N-dealkylation sites (tertiary alicyclic amines) is 1. The van der Waals surface area contributed by atoms with Gasteiger partial charge in [0.15, 0.2) is 0 Å². The number of nitrogens with zero attached hydrogens (tertiary/aromatic N) is 1. The maximum Gasteiger partial charge on any atom is 0.0153 e.